The summed E-state index contributed by atoms with van der Waals surface area (Å²) in [5.74, 6) is 1.62. The molecule has 1 N–H and O–H groups in total. The minimum atomic E-state index is -0.347. The number of benzene rings is 3. The van der Waals surface area contributed by atoms with Crippen molar-refractivity contribution in [1.29, 1.82) is 0 Å². The van der Waals surface area contributed by atoms with Crippen molar-refractivity contribution >= 4 is 34.7 Å². The minimum absolute atomic E-state index is 0.249. The summed E-state index contributed by atoms with van der Waals surface area (Å²) in [5, 5.41) is 14.5. The first kappa shape index (κ1) is 23.8. The zero-order valence-corrected chi connectivity index (χ0v) is 20.9. The molecule has 0 radical (unpaired) electrons. The molecule has 0 aliphatic rings. The fourth-order valence-corrected chi connectivity index (χ4v) is 5.14. The molecule has 0 fully saturated rings. The van der Waals surface area contributed by atoms with E-state index in [2.05, 4.69) is 15.5 Å². The summed E-state index contributed by atoms with van der Waals surface area (Å²) in [6, 6.07) is 24.9. The number of hydrogen-bond acceptors (Lipinski definition) is 6. The van der Waals surface area contributed by atoms with Gasteiger partial charge in [0.2, 0.25) is 0 Å². The maximum atomic E-state index is 13.1. The van der Waals surface area contributed by atoms with E-state index in [0.29, 0.717) is 17.0 Å². The molecule has 36 heavy (non-hydrogen) atoms. The zero-order valence-electron chi connectivity index (χ0n) is 19.2. The fourth-order valence-electron chi connectivity index (χ4n) is 3.53. The summed E-state index contributed by atoms with van der Waals surface area (Å²) in [7, 11) is 1.64. The van der Waals surface area contributed by atoms with E-state index < -0.39 is 0 Å². The average molecular weight is 517 g/mol. The zero-order chi connectivity index (χ0) is 24.9. The highest BCUT2D eigenvalue weighted by Crippen LogP contribution is 2.32. The van der Waals surface area contributed by atoms with Crippen LogP contribution in [-0.4, -0.2) is 27.8 Å². The number of nitrogens with zero attached hydrogens (tertiary/aromatic N) is 3. The van der Waals surface area contributed by atoms with Crippen molar-refractivity contribution in [3.8, 4) is 22.1 Å². The molecule has 5 rings (SSSR count). The second-order valence-corrected chi connectivity index (χ2v) is 9.65. The Labute approximate surface area is 215 Å². The number of hydrogen-bond donors (Lipinski definition) is 1. The van der Waals surface area contributed by atoms with Crippen LogP contribution < -0.4 is 10.1 Å². The molecule has 6 nitrogen and oxygen atoms in total. The molecule has 2 heterocycles. The molecule has 9 heteroatoms. The summed E-state index contributed by atoms with van der Waals surface area (Å²) >= 11 is 3.18. The van der Waals surface area contributed by atoms with E-state index in [-0.39, 0.29) is 11.7 Å². The first-order valence-corrected chi connectivity index (χ1v) is 12.9. The Morgan fingerprint density at radius 3 is 2.42 bits per heavy atom. The number of aromatic nitrogens is 3. The molecule has 3 aromatic carbocycles. The van der Waals surface area contributed by atoms with Gasteiger partial charge in [-0.15, -0.1) is 21.5 Å². The van der Waals surface area contributed by atoms with Crippen molar-refractivity contribution in [1.82, 2.24) is 14.8 Å². The Kier molecular flexibility index (Phi) is 7.11. The summed E-state index contributed by atoms with van der Waals surface area (Å²) in [6.45, 7) is 0. The quantitative estimate of drug-likeness (QED) is 0.233. The maximum Gasteiger partial charge on any atom is 0.255 e. The first-order chi connectivity index (χ1) is 17.6. The van der Waals surface area contributed by atoms with Gasteiger partial charge in [0.1, 0.15) is 11.6 Å². The molecule has 0 atom stereocenters. The first-order valence-electron chi connectivity index (χ1n) is 11.0. The fraction of sp³-hybridized carbons (Fsp3) is 0.0741. The van der Waals surface area contributed by atoms with E-state index >= 15 is 0 Å². The van der Waals surface area contributed by atoms with Gasteiger partial charge in [0.15, 0.2) is 11.0 Å². The lowest BCUT2D eigenvalue weighted by Gasteiger charge is -2.10. The number of ether oxygens (including phenoxy) is 1. The van der Waals surface area contributed by atoms with Crippen molar-refractivity contribution in [2.75, 3.05) is 12.4 Å². The molecule has 5 aromatic rings. The van der Waals surface area contributed by atoms with Gasteiger partial charge in [-0.3, -0.25) is 9.36 Å². The standard InChI is InChI=1S/C27H21FN4O2S2/c1-34-23-14-12-22(13-15-23)32-25(24-3-2-16-35-24)30-31-27(32)36-17-18-4-6-19(7-5-18)26(33)29-21-10-8-20(28)9-11-21/h2-16H,17H2,1H3,(H,29,33). The highest BCUT2D eigenvalue weighted by Gasteiger charge is 2.17. The van der Waals surface area contributed by atoms with Gasteiger partial charge >= 0.3 is 0 Å². The van der Waals surface area contributed by atoms with Crippen LogP contribution in [0.15, 0.2) is 95.5 Å². The van der Waals surface area contributed by atoms with Gasteiger partial charge in [-0.05, 0) is 77.7 Å². The second-order valence-electron chi connectivity index (χ2n) is 7.76. The summed E-state index contributed by atoms with van der Waals surface area (Å²) < 4.78 is 20.4. The van der Waals surface area contributed by atoms with Crippen LogP contribution >= 0.6 is 23.1 Å². The number of carbonyl (C=O) groups excluding carboxylic acids is 1. The monoisotopic (exact) mass is 516 g/mol. The van der Waals surface area contributed by atoms with Crippen molar-refractivity contribution in [2.24, 2.45) is 0 Å². The van der Waals surface area contributed by atoms with E-state index in [1.807, 2.05) is 58.5 Å². The highest BCUT2D eigenvalue weighted by molar-refractivity contribution is 7.98. The molecule has 2 aromatic heterocycles. The van der Waals surface area contributed by atoms with Crippen LogP contribution in [0.2, 0.25) is 0 Å². The Morgan fingerprint density at radius 1 is 1.00 bits per heavy atom. The summed E-state index contributed by atoms with van der Waals surface area (Å²) in [4.78, 5) is 13.5. The third-order valence-electron chi connectivity index (χ3n) is 5.39. The number of methoxy groups -OCH3 is 1. The predicted molar refractivity (Wildman–Crippen MR) is 142 cm³/mol. The Morgan fingerprint density at radius 2 is 1.75 bits per heavy atom. The molecule has 0 bridgehead atoms. The molecule has 1 amide bonds. The maximum absolute atomic E-state index is 13.1. The van der Waals surface area contributed by atoms with Crippen LogP contribution in [0.3, 0.4) is 0 Å². The summed E-state index contributed by atoms with van der Waals surface area (Å²) in [5.41, 5.74) is 3.05. The number of rotatable bonds is 8. The van der Waals surface area contributed by atoms with Gasteiger partial charge in [-0.1, -0.05) is 30.0 Å². The van der Waals surface area contributed by atoms with Gasteiger partial charge in [-0.25, -0.2) is 4.39 Å². The normalized spacial score (nSPS) is 10.8. The topological polar surface area (TPSA) is 69.0 Å². The predicted octanol–water partition coefficient (Wildman–Crippen LogP) is 6.69. The smallest absolute Gasteiger partial charge is 0.255 e. The van der Waals surface area contributed by atoms with Crippen LogP contribution in [0.5, 0.6) is 5.75 Å². The van der Waals surface area contributed by atoms with Crippen LogP contribution in [0.25, 0.3) is 16.4 Å². The molecule has 0 spiro atoms. The molecular formula is C27H21FN4O2S2. The van der Waals surface area contributed by atoms with Crippen LogP contribution in [0.4, 0.5) is 10.1 Å². The van der Waals surface area contributed by atoms with E-state index in [1.54, 1.807) is 42.3 Å². The van der Waals surface area contributed by atoms with E-state index in [9.17, 15) is 9.18 Å². The molecule has 180 valence electrons. The Balaban J connectivity index is 1.32. The number of thioether (sulfide) groups is 1. The van der Waals surface area contributed by atoms with Crippen LogP contribution in [-0.2, 0) is 5.75 Å². The SMILES string of the molecule is COc1ccc(-n2c(SCc3ccc(C(=O)Nc4ccc(F)cc4)cc3)nnc2-c2cccs2)cc1. The van der Waals surface area contributed by atoms with Crippen molar-refractivity contribution < 1.29 is 13.9 Å². The largest absolute Gasteiger partial charge is 0.497 e. The molecule has 0 aliphatic heterocycles. The van der Waals surface area contributed by atoms with Gasteiger partial charge in [0, 0.05) is 17.0 Å². The molecular weight excluding hydrogens is 495 g/mol. The van der Waals surface area contributed by atoms with Crippen LogP contribution in [0.1, 0.15) is 15.9 Å². The Bertz CT molecular complexity index is 1450. The lowest BCUT2D eigenvalue weighted by Crippen LogP contribution is -2.11. The highest BCUT2D eigenvalue weighted by atomic mass is 32.2. The number of carbonyl (C=O) groups is 1. The summed E-state index contributed by atoms with van der Waals surface area (Å²) in [6.07, 6.45) is 0. The Hall–Kier alpha value is -3.95. The van der Waals surface area contributed by atoms with E-state index in [0.717, 1.165) is 32.9 Å². The lowest BCUT2D eigenvalue weighted by atomic mass is 10.1. The van der Waals surface area contributed by atoms with E-state index in [4.69, 9.17) is 4.74 Å². The number of nitrogens with one attached hydrogen (secondary N) is 1. The van der Waals surface area contributed by atoms with Gasteiger partial charge in [0.25, 0.3) is 5.91 Å². The third kappa shape index (κ3) is 5.32. The molecule has 0 saturated heterocycles. The average Bonchev–Trinajstić information content (AvgIpc) is 3.59. The van der Waals surface area contributed by atoms with Crippen molar-refractivity contribution in [3.05, 3.63) is 107 Å². The lowest BCUT2D eigenvalue weighted by molar-refractivity contribution is 0.102. The molecule has 0 aliphatic carbocycles. The van der Waals surface area contributed by atoms with Crippen LogP contribution in [0, 0.1) is 5.82 Å². The number of anilines is 1. The number of thiophene rings is 1. The minimum Gasteiger partial charge on any atom is -0.497 e. The third-order valence-corrected chi connectivity index (χ3v) is 7.26. The van der Waals surface area contributed by atoms with Gasteiger partial charge in [-0.2, -0.15) is 0 Å². The van der Waals surface area contributed by atoms with Gasteiger partial charge in [0.05, 0.1) is 17.7 Å². The molecule has 0 saturated carbocycles. The van der Waals surface area contributed by atoms with Gasteiger partial charge < -0.3 is 10.1 Å². The number of amides is 1. The molecule has 0 unspecified atom stereocenters. The van der Waals surface area contributed by atoms with Crippen molar-refractivity contribution in [2.45, 2.75) is 10.9 Å². The second kappa shape index (κ2) is 10.8. The van der Waals surface area contributed by atoms with Crippen molar-refractivity contribution in [3.63, 3.8) is 0 Å². The number of halogens is 1. The van der Waals surface area contributed by atoms with E-state index in [1.165, 1.54) is 24.3 Å².